The number of anilines is 2. The highest BCUT2D eigenvalue weighted by atomic mass is 16.5. The zero-order chi connectivity index (χ0) is 16.7. The van der Waals surface area contributed by atoms with Gasteiger partial charge in [-0.3, -0.25) is 4.79 Å². The Morgan fingerprint density at radius 1 is 1.35 bits per heavy atom. The molecule has 6 nitrogen and oxygen atoms in total. The second-order valence-electron chi connectivity index (χ2n) is 5.05. The molecule has 2 rings (SSSR count). The van der Waals surface area contributed by atoms with Crippen LogP contribution in [0.25, 0.3) is 0 Å². The van der Waals surface area contributed by atoms with Crippen molar-refractivity contribution in [1.82, 2.24) is 4.98 Å². The molecule has 0 radical (unpaired) electrons. The summed E-state index contributed by atoms with van der Waals surface area (Å²) in [5, 5.41) is 15.1. The number of aliphatic hydroxyl groups excluding tert-OH is 1. The van der Waals surface area contributed by atoms with Gasteiger partial charge in [0.25, 0.3) is 5.91 Å². The van der Waals surface area contributed by atoms with Gasteiger partial charge >= 0.3 is 0 Å². The van der Waals surface area contributed by atoms with Crippen molar-refractivity contribution in [2.45, 2.75) is 19.4 Å². The fraction of sp³-hybridized carbons (Fsp3) is 0.294. The zero-order valence-electron chi connectivity index (χ0n) is 13.2. The number of aliphatic hydroxyl groups is 1. The van der Waals surface area contributed by atoms with Crippen LogP contribution in [0.4, 0.5) is 11.5 Å². The van der Waals surface area contributed by atoms with Gasteiger partial charge in [-0.25, -0.2) is 4.98 Å². The number of rotatable bonds is 7. The molecular weight excluding hydrogens is 294 g/mol. The summed E-state index contributed by atoms with van der Waals surface area (Å²) in [5.74, 6) is 1.06. The lowest BCUT2D eigenvalue weighted by molar-refractivity contribution is 0.102. The first-order chi connectivity index (χ1) is 11.2. The van der Waals surface area contributed by atoms with E-state index in [0.717, 1.165) is 6.42 Å². The Labute approximate surface area is 135 Å². The number of nitrogens with one attached hydrogen (secondary N) is 2. The van der Waals surface area contributed by atoms with Crippen molar-refractivity contribution in [3.63, 3.8) is 0 Å². The Kier molecular flexibility index (Phi) is 5.94. The summed E-state index contributed by atoms with van der Waals surface area (Å²) in [6.07, 6.45) is 2.37. The molecule has 0 unspecified atom stereocenters. The van der Waals surface area contributed by atoms with Crippen LogP contribution < -0.4 is 15.4 Å². The molecule has 1 aromatic carbocycles. The van der Waals surface area contributed by atoms with E-state index in [4.69, 9.17) is 4.74 Å². The van der Waals surface area contributed by atoms with E-state index in [1.54, 1.807) is 49.7 Å². The number of amides is 1. The number of aromatic nitrogens is 1. The third-order valence-electron chi connectivity index (χ3n) is 3.42. The first-order valence-electron chi connectivity index (χ1n) is 7.45. The number of benzene rings is 1. The van der Waals surface area contributed by atoms with Crippen LogP contribution >= 0.6 is 0 Å². The fourth-order valence-electron chi connectivity index (χ4n) is 2.01. The first kappa shape index (κ1) is 16.8. The smallest absolute Gasteiger partial charge is 0.255 e. The van der Waals surface area contributed by atoms with Gasteiger partial charge in [0.2, 0.25) is 0 Å². The van der Waals surface area contributed by atoms with Crippen molar-refractivity contribution < 1.29 is 14.6 Å². The summed E-state index contributed by atoms with van der Waals surface area (Å²) in [4.78, 5) is 16.4. The van der Waals surface area contributed by atoms with Crippen LogP contribution in [0.1, 0.15) is 23.7 Å². The van der Waals surface area contributed by atoms with Crippen LogP contribution in [-0.4, -0.2) is 35.8 Å². The lowest BCUT2D eigenvalue weighted by Gasteiger charge is -2.14. The highest BCUT2D eigenvalue weighted by Gasteiger charge is 2.08. The molecule has 122 valence electrons. The Hall–Kier alpha value is -2.60. The van der Waals surface area contributed by atoms with Crippen LogP contribution in [0.15, 0.2) is 42.6 Å². The Balaban J connectivity index is 2.01. The minimum atomic E-state index is -0.229. The van der Waals surface area contributed by atoms with Crippen LogP contribution in [0.5, 0.6) is 5.75 Å². The molecular formula is C17H21N3O3. The Morgan fingerprint density at radius 3 is 2.78 bits per heavy atom. The number of carbonyl (C=O) groups excluding carboxylic acids is 1. The zero-order valence-corrected chi connectivity index (χ0v) is 13.2. The van der Waals surface area contributed by atoms with Gasteiger partial charge in [0.1, 0.15) is 11.6 Å². The maximum absolute atomic E-state index is 12.2. The molecule has 1 amide bonds. The summed E-state index contributed by atoms with van der Waals surface area (Å²) in [6, 6.07) is 10.4. The Bertz CT molecular complexity index is 640. The van der Waals surface area contributed by atoms with Gasteiger partial charge in [-0.15, -0.1) is 0 Å². The molecule has 0 saturated carbocycles. The SMILES string of the molecule is CC[C@@H](CO)Nc1ccc(NC(=O)c2cccc(OC)c2)cn1. The molecule has 1 heterocycles. The van der Waals surface area contributed by atoms with Crippen molar-refractivity contribution in [1.29, 1.82) is 0 Å². The highest BCUT2D eigenvalue weighted by molar-refractivity contribution is 6.04. The largest absolute Gasteiger partial charge is 0.497 e. The molecule has 0 bridgehead atoms. The molecule has 0 saturated heterocycles. The number of hydrogen-bond acceptors (Lipinski definition) is 5. The molecule has 6 heteroatoms. The summed E-state index contributed by atoms with van der Waals surface area (Å²) < 4.78 is 5.11. The third kappa shape index (κ3) is 4.69. The van der Waals surface area contributed by atoms with E-state index in [9.17, 15) is 9.90 Å². The first-order valence-corrected chi connectivity index (χ1v) is 7.45. The van der Waals surface area contributed by atoms with Crippen molar-refractivity contribution in [2.75, 3.05) is 24.4 Å². The fourth-order valence-corrected chi connectivity index (χ4v) is 2.01. The van der Waals surface area contributed by atoms with Gasteiger partial charge < -0.3 is 20.5 Å². The van der Waals surface area contributed by atoms with Gasteiger partial charge in [0, 0.05) is 5.56 Å². The summed E-state index contributed by atoms with van der Waals surface area (Å²) in [5.41, 5.74) is 1.11. The number of pyridine rings is 1. The standard InChI is InChI=1S/C17H21N3O3/c1-3-13(11-21)19-16-8-7-14(10-18-16)20-17(22)12-5-4-6-15(9-12)23-2/h4-10,13,21H,3,11H2,1-2H3,(H,18,19)(H,20,22)/t13-/m0/s1. The normalized spacial score (nSPS) is 11.6. The minimum absolute atomic E-state index is 0.0280. The average molecular weight is 315 g/mol. The van der Waals surface area contributed by atoms with Crippen LogP contribution in [0, 0.1) is 0 Å². The predicted molar refractivity (Wildman–Crippen MR) is 90.0 cm³/mol. The molecule has 0 aliphatic rings. The highest BCUT2D eigenvalue weighted by Crippen LogP contribution is 2.16. The van der Waals surface area contributed by atoms with E-state index < -0.39 is 0 Å². The van der Waals surface area contributed by atoms with Gasteiger partial charge in [-0.05, 0) is 36.8 Å². The number of hydrogen-bond donors (Lipinski definition) is 3. The van der Waals surface area contributed by atoms with E-state index in [2.05, 4.69) is 15.6 Å². The summed E-state index contributed by atoms with van der Waals surface area (Å²) in [6.45, 7) is 2.03. The van der Waals surface area contributed by atoms with Crippen LogP contribution in [0.3, 0.4) is 0 Å². The number of methoxy groups -OCH3 is 1. The van der Waals surface area contributed by atoms with E-state index in [1.165, 1.54) is 0 Å². The number of carbonyl (C=O) groups is 1. The topological polar surface area (TPSA) is 83.5 Å². The van der Waals surface area contributed by atoms with Crippen LogP contribution in [-0.2, 0) is 0 Å². The molecule has 23 heavy (non-hydrogen) atoms. The Morgan fingerprint density at radius 2 is 2.17 bits per heavy atom. The molecule has 1 atom stereocenters. The van der Waals surface area contributed by atoms with Crippen molar-refractivity contribution in [3.05, 3.63) is 48.2 Å². The lowest BCUT2D eigenvalue weighted by atomic mass is 10.2. The van der Waals surface area contributed by atoms with Gasteiger partial charge in [-0.2, -0.15) is 0 Å². The molecule has 0 aliphatic heterocycles. The van der Waals surface area contributed by atoms with Crippen molar-refractivity contribution >= 4 is 17.4 Å². The van der Waals surface area contributed by atoms with Crippen molar-refractivity contribution in [3.8, 4) is 5.75 Å². The number of nitrogens with zero attached hydrogens (tertiary/aromatic N) is 1. The maximum atomic E-state index is 12.2. The molecule has 1 aromatic heterocycles. The predicted octanol–water partition coefficient (Wildman–Crippen LogP) is 2.53. The quantitative estimate of drug-likeness (QED) is 0.731. The monoisotopic (exact) mass is 315 g/mol. The number of ether oxygens (including phenoxy) is 1. The van der Waals surface area contributed by atoms with E-state index in [0.29, 0.717) is 22.8 Å². The maximum Gasteiger partial charge on any atom is 0.255 e. The second kappa shape index (κ2) is 8.14. The molecule has 0 aliphatic carbocycles. The van der Waals surface area contributed by atoms with Gasteiger partial charge in [0.05, 0.1) is 31.6 Å². The molecule has 3 N–H and O–H groups in total. The minimum Gasteiger partial charge on any atom is -0.497 e. The van der Waals surface area contributed by atoms with E-state index >= 15 is 0 Å². The van der Waals surface area contributed by atoms with Crippen molar-refractivity contribution in [2.24, 2.45) is 0 Å². The van der Waals surface area contributed by atoms with E-state index in [-0.39, 0.29) is 18.6 Å². The summed E-state index contributed by atoms with van der Waals surface area (Å²) >= 11 is 0. The second-order valence-corrected chi connectivity index (χ2v) is 5.05. The lowest BCUT2D eigenvalue weighted by Crippen LogP contribution is -2.23. The van der Waals surface area contributed by atoms with Gasteiger partial charge in [-0.1, -0.05) is 13.0 Å². The van der Waals surface area contributed by atoms with E-state index in [1.807, 2.05) is 6.92 Å². The van der Waals surface area contributed by atoms with Gasteiger partial charge in [0.15, 0.2) is 0 Å². The van der Waals surface area contributed by atoms with Crippen LogP contribution in [0.2, 0.25) is 0 Å². The molecule has 0 fully saturated rings. The molecule has 2 aromatic rings. The summed E-state index contributed by atoms with van der Waals surface area (Å²) in [7, 11) is 1.56. The molecule has 0 spiro atoms. The third-order valence-corrected chi connectivity index (χ3v) is 3.42. The average Bonchev–Trinajstić information content (AvgIpc) is 2.61.